The van der Waals surface area contributed by atoms with Crippen LogP contribution < -0.4 is 10.1 Å². The number of carbonyl (C=O) groups is 2. The number of rotatable bonds is 8. The van der Waals surface area contributed by atoms with E-state index in [0.29, 0.717) is 12.8 Å². The van der Waals surface area contributed by atoms with Gasteiger partial charge in [0.05, 0.1) is 13.0 Å². The molecule has 1 aromatic carbocycles. The minimum atomic E-state index is -1.000. The van der Waals surface area contributed by atoms with E-state index in [1.54, 1.807) is 0 Å². The van der Waals surface area contributed by atoms with E-state index in [9.17, 15) is 9.59 Å². The molecule has 0 unspecified atom stereocenters. The molecule has 0 aliphatic heterocycles. The van der Waals surface area contributed by atoms with Gasteiger partial charge in [-0.05, 0) is 43.5 Å². The Bertz CT molecular complexity index is 479. The number of carboxylic acid groups (broad SMARTS) is 1. The van der Waals surface area contributed by atoms with E-state index in [0.717, 1.165) is 16.9 Å². The van der Waals surface area contributed by atoms with Gasteiger partial charge >= 0.3 is 5.97 Å². The highest BCUT2D eigenvalue weighted by atomic mass is 16.5. The topological polar surface area (TPSA) is 75.6 Å². The summed E-state index contributed by atoms with van der Waals surface area (Å²) in [5, 5.41) is 11.5. The summed E-state index contributed by atoms with van der Waals surface area (Å²) >= 11 is 0. The Kier molecular flexibility index (Phi) is 6.72. The summed E-state index contributed by atoms with van der Waals surface area (Å²) in [5.41, 5.74) is 2.20. The quantitative estimate of drug-likeness (QED) is 0.772. The van der Waals surface area contributed by atoms with Crippen LogP contribution in [0.1, 0.15) is 37.3 Å². The Labute approximate surface area is 125 Å². The van der Waals surface area contributed by atoms with Crippen molar-refractivity contribution in [3.63, 3.8) is 0 Å². The first-order chi connectivity index (χ1) is 9.92. The van der Waals surface area contributed by atoms with Gasteiger partial charge < -0.3 is 15.2 Å². The van der Waals surface area contributed by atoms with E-state index in [1.165, 1.54) is 0 Å². The summed E-state index contributed by atoms with van der Waals surface area (Å²) in [5.74, 6) is -0.579. The second-order valence-electron chi connectivity index (χ2n) is 5.17. The van der Waals surface area contributed by atoms with Gasteiger partial charge in [0.15, 0.2) is 0 Å². The molecule has 0 aliphatic carbocycles. The first-order valence-electron chi connectivity index (χ1n) is 7.15. The van der Waals surface area contributed by atoms with Gasteiger partial charge in [0.1, 0.15) is 11.8 Å². The smallest absolute Gasteiger partial charge is 0.326 e. The summed E-state index contributed by atoms with van der Waals surface area (Å²) in [4.78, 5) is 22.7. The number of ether oxygens (including phenoxy) is 1. The molecular weight excluding hydrogens is 270 g/mol. The third-order valence-electron chi connectivity index (χ3n) is 3.00. The van der Waals surface area contributed by atoms with Crippen molar-refractivity contribution in [2.75, 3.05) is 6.61 Å². The highest BCUT2D eigenvalue weighted by Gasteiger charge is 2.18. The first-order valence-corrected chi connectivity index (χ1v) is 7.15. The van der Waals surface area contributed by atoms with Crippen molar-refractivity contribution in [2.24, 2.45) is 0 Å². The predicted octanol–water partition coefficient (Wildman–Crippen LogP) is 2.44. The van der Waals surface area contributed by atoms with Crippen molar-refractivity contribution in [1.29, 1.82) is 0 Å². The van der Waals surface area contributed by atoms with Crippen molar-refractivity contribution < 1.29 is 19.4 Å². The van der Waals surface area contributed by atoms with Crippen LogP contribution in [0.3, 0.4) is 0 Å². The molecule has 0 bridgehead atoms. The molecule has 2 N–H and O–H groups in total. The molecule has 5 heteroatoms. The van der Waals surface area contributed by atoms with Crippen molar-refractivity contribution in [1.82, 2.24) is 5.32 Å². The van der Waals surface area contributed by atoms with Crippen LogP contribution in [0.15, 0.2) is 18.2 Å². The van der Waals surface area contributed by atoms with Crippen molar-refractivity contribution in [2.45, 2.75) is 46.1 Å². The van der Waals surface area contributed by atoms with Crippen molar-refractivity contribution in [3.05, 3.63) is 29.3 Å². The lowest BCUT2D eigenvalue weighted by atomic mass is 10.1. The van der Waals surface area contributed by atoms with Crippen LogP contribution in [0.25, 0.3) is 0 Å². The van der Waals surface area contributed by atoms with Gasteiger partial charge in [0.2, 0.25) is 5.91 Å². The summed E-state index contributed by atoms with van der Waals surface area (Å²) in [6.45, 7) is 6.07. The molecule has 0 spiro atoms. The summed E-state index contributed by atoms with van der Waals surface area (Å²) in [7, 11) is 0. The third kappa shape index (κ3) is 6.29. The number of carbonyl (C=O) groups excluding carboxylic acids is 1. The van der Waals surface area contributed by atoms with Crippen LogP contribution in [0, 0.1) is 13.8 Å². The maximum absolute atomic E-state index is 11.7. The number of nitrogens with one attached hydrogen (secondary N) is 1. The molecule has 0 heterocycles. The lowest BCUT2D eigenvalue weighted by Gasteiger charge is -2.14. The molecule has 0 radical (unpaired) electrons. The van der Waals surface area contributed by atoms with Crippen LogP contribution >= 0.6 is 0 Å². The minimum Gasteiger partial charge on any atom is -0.493 e. The molecule has 1 rings (SSSR count). The Balaban J connectivity index is 2.40. The zero-order chi connectivity index (χ0) is 15.8. The lowest BCUT2D eigenvalue weighted by Crippen LogP contribution is -2.41. The number of aliphatic carboxylic acids is 1. The van der Waals surface area contributed by atoms with E-state index in [-0.39, 0.29) is 18.9 Å². The fourth-order valence-electron chi connectivity index (χ4n) is 2.09. The Morgan fingerprint density at radius 2 is 1.86 bits per heavy atom. The third-order valence-corrected chi connectivity index (χ3v) is 3.00. The van der Waals surface area contributed by atoms with Crippen LogP contribution in [0.5, 0.6) is 5.75 Å². The molecule has 0 fully saturated rings. The molecule has 21 heavy (non-hydrogen) atoms. The average molecular weight is 293 g/mol. The van der Waals surface area contributed by atoms with Gasteiger partial charge in [-0.25, -0.2) is 4.79 Å². The first kappa shape index (κ1) is 17.0. The maximum Gasteiger partial charge on any atom is 0.326 e. The SMILES string of the molecule is CCC[C@@H](NC(=O)CCOc1cc(C)cc(C)c1)C(=O)O. The lowest BCUT2D eigenvalue weighted by molar-refractivity contribution is -0.142. The van der Waals surface area contributed by atoms with Gasteiger partial charge in [0.25, 0.3) is 0 Å². The molecule has 5 nitrogen and oxygen atoms in total. The van der Waals surface area contributed by atoms with Crippen molar-refractivity contribution in [3.8, 4) is 5.75 Å². The van der Waals surface area contributed by atoms with Crippen LogP contribution in [-0.4, -0.2) is 29.6 Å². The fraction of sp³-hybridized carbons (Fsp3) is 0.500. The highest BCUT2D eigenvalue weighted by molar-refractivity contribution is 5.83. The second kappa shape index (κ2) is 8.29. The number of hydrogen-bond acceptors (Lipinski definition) is 3. The van der Waals surface area contributed by atoms with Crippen LogP contribution in [-0.2, 0) is 9.59 Å². The molecule has 0 aromatic heterocycles. The van der Waals surface area contributed by atoms with Gasteiger partial charge in [-0.15, -0.1) is 0 Å². The molecule has 1 aromatic rings. The summed E-state index contributed by atoms with van der Waals surface area (Å²) < 4.78 is 5.53. The number of carboxylic acids is 1. The molecule has 0 saturated heterocycles. The summed E-state index contributed by atoms with van der Waals surface area (Å²) in [6, 6.07) is 5.04. The van der Waals surface area contributed by atoms with E-state index < -0.39 is 12.0 Å². The highest BCUT2D eigenvalue weighted by Crippen LogP contribution is 2.16. The molecular formula is C16H23NO4. The molecule has 0 saturated carbocycles. The zero-order valence-corrected chi connectivity index (χ0v) is 12.8. The Morgan fingerprint density at radius 1 is 1.24 bits per heavy atom. The van der Waals surface area contributed by atoms with Gasteiger partial charge in [-0.3, -0.25) is 4.79 Å². The number of amides is 1. The Morgan fingerprint density at radius 3 is 2.38 bits per heavy atom. The number of hydrogen-bond donors (Lipinski definition) is 2. The largest absolute Gasteiger partial charge is 0.493 e. The number of aryl methyl sites for hydroxylation is 2. The molecule has 116 valence electrons. The van der Waals surface area contributed by atoms with Crippen molar-refractivity contribution >= 4 is 11.9 Å². The minimum absolute atomic E-state index is 0.139. The standard InChI is InChI=1S/C16H23NO4/c1-4-5-14(16(19)20)17-15(18)6-7-21-13-9-11(2)8-12(3)10-13/h8-10,14H,4-7H2,1-3H3,(H,17,18)(H,19,20)/t14-/m1/s1. The van der Waals surface area contributed by atoms with Gasteiger partial charge in [-0.2, -0.15) is 0 Å². The molecule has 0 aliphatic rings. The summed E-state index contributed by atoms with van der Waals surface area (Å²) in [6.07, 6.45) is 1.27. The van der Waals surface area contributed by atoms with Gasteiger partial charge in [0, 0.05) is 0 Å². The fourth-order valence-corrected chi connectivity index (χ4v) is 2.09. The van der Waals surface area contributed by atoms with Gasteiger partial charge in [-0.1, -0.05) is 19.4 Å². The molecule has 1 atom stereocenters. The normalized spacial score (nSPS) is 11.8. The predicted molar refractivity (Wildman–Crippen MR) is 80.5 cm³/mol. The van der Waals surface area contributed by atoms with E-state index >= 15 is 0 Å². The monoisotopic (exact) mass is 293 g/mol. The zero-order valence-electron chi connectivity index (χ0n) is 12.8. The maximum atomic E-state index is 11.7. The van der Waals surface area contributed by atoms with E-state index in [2.05, 4.69) is 5.32 Å². The second-order valence-corrected chi connectivity index (χ2v) is 5.17. The van der Waals surface area contributed by atoms with Crippen LogP contribution in [0.2, 0.25) is 0 Å². The van der Waals surface area contributed by atoms with E-state index in [4.69, 9.17) is 9.84 Å². The van der Waals surface area contributed by atoms with E-state index in [1.807, 2.05) is 39.0 Å². The number of benzene rings is 1. The van der Waals surface area contributed by atoms with Crippen LogP contribution in [0.4, 0.5) is 0 Å². The average Bonchev–Trinajstić information content (AvgIpc) is 2.36. The molecule has 1 amide bonds. The Hall–Kier alpha value is -2.04.